The van der Waals surface area contributed by atoms with Crippen LogP contribution in [0.3, 0.4) is 0 Å². The first-order chi connectivity index (χ1) is 11.6. The van der Waals surface area contributed by atoms with Gasteiger partial charge in [-0.05, 0) is 32.8 Å². The minimum Gasteiger partial charge on any atom is -0.338 e. The number of fused-ring (bicyclic) bond motifs is 1. The zero-order valence-corrected chi connectivity index (χ0v) is 14.6. The van der Waals surface area contributed by atoms with Crippen molar-refractivity contribution in [1.29, 1.82) is 0 Å². The highest BCUT2D eigenvalue weighted by Crippen LogP contribution is 2.30. The Hall–Kier alpha value is -2.28. The van der Waals surface area contributed by atoms with E-state index in [1.807, 2.05) is 24.8 Å². The van der Waals surface area contributed by atoms with E-state index in [1.54, 1.807) is 17.5 Å². The highest BCUT2D eigenvalue weighted by Gasteiger charge is 2.27. The second-order valence-corrected chi connectivity index (χ2v) is 7.25. The molecule has 0 spiro atoms. The first kappa shape index (κ1) is 15.3. The van der Waals surface area contributed by atoms with Gasteiger partial charge in [0.2, 0.25) is 0 Å². The van der Waals surface area contributed by atoms with Gasteiger partial charge in [-0.1, -0.05) is 0 Å². The standard InChI is InChI=1S/C17H19N5OS/c1-10-9-24-16(19-10)12-4-3-5-22(8-12)17(23)13-6-14-11(2)20-21-15(14)18-7-13/h6-7,9,12H,3-5,8H2,1-2H3,(H,18,20,21)/t12-/m0/s1. The molecule has 3 aromatic rings. The van der Waals surface area contributed by atoms with Crippen LogP contribution in [0.4, 0.5) is 0 Å². The Morgan fingerprint density at radius 1 is 1.42 bits per heavy atom. The van der Waals surface area contributed by atoms with Crippen LogP contribution in [0, 0.1) is 13.8 Å². The number of thiazole rings is 1. The number of hydrogen-bond donors (Lipinski definition) is 1. The molecule has 6 nitrogen and oxygen atoms in total. The summed E-state index contributed by atoms with van der Waals surface area (Å²) >= 11 is 1.70. The van der Waals surface area contributed by atoms with Gasteiger partial charge in [-0.2, -0.15) is 5.10 Å². The summed E-state index contributed by atoms with van der Waals surface area (Å²) < 4.78 is 0. The summed E-state index contributed by atoms with van der Waals surface area (Å²) in [7, 11) is 0. The van der Waals surface area contributed by atoms with E-state index in [9.17, 15) is 4.79 Å². The first-order valence-electron chi connectivity index (χ1n) is 8.14. The molecule has 0 unspecified atom stereocenters. The Labute approximate surface area is 143 Å². The molecule has 0 saturated carbocycles. The molecule has 1 saturated heterocycles. The van der Waals surface area contributed by atoms with Gasteiger partial charge in [0.15, 0.2) is 5.65 Å². The lowest BCUT2D eigenvalue weighted by Gasteiger charge is -2.31. The number of nitrogens with zero attached hydrogens (tertiary/aromatic N) is 4. The van der Waals surface area contributed by atoms with E-state index in [-0.39, 0.29) is 5.91 Å². The Balaban J connectivity index is 1.57. The third-order valence-corrected chi connectivity index (χ3v) is 5.67. The number of piperidine rings is 1. The molecule has 0 aliphatic carbocycles. The molecule has 124 valence electrons. The van der Waals surface area contributed by atoms with E-state index >= 15 is 0 Å². The maximum atomic E-state index is 12.9. The van der Waals surface area contributed by atoms with Crippen LogP contribution in [0.15, 0.2) is 17.6 Å². The molecule has 1 amide bonds. The van der Waals surface area contributed by atoms with Crippen LogP contribution in [-0.2, 0) is 0 Å². The lowest BCUT2D eigenvalue weighted by molar-refractivity contribution is 0.0707. The van der Waals surface area contributed by atoms with Crippen LogP contribution in [0.2, 0.25) is 0 Å². The van der Waals surface area contributed by atoms with Crippen molar-refractivity contribution in [1.82, 2.24) is 25.1 Å². The van der Waals surface area contributed by atoms with Gasteiger partial charge in [0.05, 0.1) is 10.6 Å². The fourth-order valence-electron chi connectivity index (χ4n) is 3.24. The quantitative estimate of drug-likeness (QED) is 0.777. The number of amides is 1. The lowest BCUT2D eigenvalue weighted by atomic mass is 9.98. The number of carbonyl (C=O) groups is 1. The highest BCUT2D eigenvalue weighted by atomic mass is 32.1. The second-order valence-electron chi connectivity index (χ2n) is 6.36. The van der Waals surface area contributed by atoms with E-state index in [2.05, 4.69) is 25.5 Å². The summed E-state index contributed by atoms with van der Waals surface area (Å²) in [4.78, 5) is 23.7. The Kier molecular flexibility index (Phi) is 3.80. The molecule has 4 rings (SSSR count). The Morgan fingerprint density at radius 2 is 2.29 bits per heavy atom. The van der Waals surface area contributed by atoms with Crippen molar-refractivity contribution in [3.63, 3.8) is 0 Å². The first-order valence-corrected chi connectivity index (χ1v) is 9.02. The van der Waals surface area contributed by atoms with E-state index in [4.69, 9.17) is 0 Å². The minimum absolute atomic E-state index is 0.0444. The average molecular weight is 341 g/mol. The summed E-state index contributed by atoms with van der Waals surface area (Å²) in [5.74, 6) is 0.386. The van der Waals surface area contributed by atoms with Gasteiger partial charge in [0.1, 0.15) is 0 Å². The number of H-pyrrole nitrogens is 1. The second kappa shape index (κ2) is 5.98. The predicted molar refractivity (Wildman–Crippen MR) is 93.4 cm³/mol. The maximum absolute atomic E-state index is 12.9. The molecular formula is C17H19N5OS. The van der Waals surface area contributed by atoms with Gasteiger partial charge < -0.3 is 4.90 Å². The molecule has 3 aromatic heterocycles. The van der Waals surface area contributed by atoms with Crippen LogP contribution in [-0.4, -0.2) is 44.1 Å². The van der Waals surface area contributed by atoms with Crippen LogP contribution in [0.5, 0.6) is 0 Å². The third-order valence-electron chi connectivity index (χ3n) is 4.54. The summed E-state index contributed by atoms with van der Waals surface area (Å²) in [6.45, 7) is 5.48. The number of likely N-dealkylation sites (tertiary alicyclic amines) is 1. The van der Waals surface area contributed by atoms with E-state index in [0.717, 1.165) is 47.7 Å². The van der Waals surface area contributed by atoms with Gasteiger partial charge >= 0.3 is 0 Å². The Morgan fingerprint density at radius 3 is 3.08 bits per heavy atom. The monoisotopic (exact) mass is 341 g/mol. The molecule has 7 heteroatoms. The number of aromatic nitrogens is 4. The molecule has 0 radical (unpaired) electrons. The van der Waals surface area contributed by atoms with Gasteiger partial charge in [-0.25, -0.2) is 9.97 Å². The van der Waals surface area contributed by atoms with Crippen molar-refractivity contribution >= 4 is 28.3 Å². The van der Waals surface area contributed by atoms with E-state index in [1.165, 1.54) is 0 Å². The molecular weight excluding hydrogens is 322 g/mol. The average Bonchev–Trinajstić information content (AvgIpc) is 3.20. The largest absolute Gasteiger partial charge is 0.338 e. The van der Waals surface area contributed by atoms with Crippen molar-refractivity contribution < 1.29 is 4.79 Å². The van der Waals surface area contributed by atoms with Crippen molar-refractivity contribution in [2.75, 3.05) is 13.1 Å². The number of aryl methyl sites for hydroxylation is 2. The summed E-state index contributed by atoms with van der Waals surface area (Å²) in [5.41, 5.74) is 3.27. The fraction of sp³-hybridized carbons (Fsp3) is 0.412. The zero-order valence-electron chi connectivity index (χ0n) is 13.7. The summed E-state index contributed by atoms with van der Waals surface area (Å²) in [6, 6.07) is 1.89. The summed E-state index contributed by atoms with van der Waals surface area (Å²) in [5, 5.41) is 11.2. The van der Waals surface area contributed by atoms with Crippen molar-refractivity contribution in [3.05, 3.63) is 39.6 Å². The van der Waals surface area contributed by atoms with Gasteiger partial charge in [-0.3, -0.25) is 9.89 Å². The molecule has 0 bridgehead atoms. The predicted octanol–water partition coefficient (Wildman–Crippen LogP) is 3.05. The molecule has 1 aliphatic rings. The number of aromatic amines is 1. The van der Waals surface area contributed by atoms with Crippen LogP contribution in [0.1, 0.15) is 45.5 Å². The van der Waals surface area contributed by atoms with E-state index in [0.29, 0.717) is 17.1 Å². The fourth-order valence-corrected chi connectivity index (χ4v) is 4.17. The molecule has 0 aromatic carbocycles. The van der Waals surface area contributed by atoms with Crippen molar-refractivity contribution in [2.24, 2.45) is 0 Å². The van der Waals surface area contributed by atoms with Gasteiger partial charge in [0, 0.05) is 47.4 Å². The number of hydrogen-bond acceptors (Lipinski definition) is 5. The van der Waals surface area contributed by atoms with Gasteiger partial charge in [-0.15, -0.1) is 11.3 Å². The Bertz CT molecular complexity index is 899. The van der Waals surface area contributed by atoms with Crippen LogP contribution in [0.25, 0.3) is 11.0 Å². The maximum Gasteiger partial charge on any atom is 0.255 e. The normalized spacial score (nSPS) is 18.2. The smallest absolute Gasteiger partial charge is 0.255 e. The SMILES string of the molecule is Cc1csc([C@H]2CCCN(C(=O)c3cnc4n[nH]c(C)c4c3)C2)n1. The zero-order chi connectivity index (χ0) is 16.7. The number of carbonyl (C=O) groups excluding carboxylic acids is 1. The number of rotatable bonds is 2. The molecule has 1 fully saturated rings. The topological polar surface area (TPSA) is 74.8 Å². The van der Waals surface area contributed by atoms with Crippen molar-refractivity contribution in [3.8, 4) is 0 Å². The molecule has 1 atom stereocenters. The van der Waals surface area contributed by atoms with Crippen LogP contribution >= 0.6 is 11.3 Å². The highest BCUT2D eigenvalue weighted by molar-refractivity contribution is 7.09. The minimum atomic E-state index is 0.0444. The molecule has 4 heterocycles. The van der Waals surface area contributed by atoms with Crippen LogP contribution < -0.4 is 0 Å². The third kappa shape index (κ3) is 2.69. The molecule has 1 N–H and O–H groups in total. The number of pyridine rings is 1. The molecule has 1 aliphatic heterocycles. The number of nitrogens with one attached hydrogen (secondary N) is 1. The van der Waals surface area contributed by atoms with Crippen molar-refractivity contribution in [2.45, 2.75) is 32.6 Å². The lowest BCUT2D eigenvalue weighted by Crippen LogP contribution is -2.39. The van der Waals surface area contributed by atoms with E-state index < -0.39 is 0 Å². The molecule has 24 heavy (non-hydrogen) atoms. The summed E-state index contributed by atoms with van der Waals surface area (Å²) in [6.07, 6.45) is 3.73. The van der Waals surface area contributed by atoms with Gasteiger partial charge in [0.25, 0.3) is 5.91 Å².